The van der Waals surface area contributed by atoms with E-state index in [-0.39, 0.29) is 17.9 Å². The summed E-state index contributed by atoms with van der Waals surface area (Å²) >= 11 is 0. The molecule has 2 aromatic rings. The maximum atomic E-state index is 12.5. The van der Waals surface area contributed by atoms with Crippen LogP contribution in [0.2, 0.25) is 0 Å². The Kier molecular flexibility index (Phi) is 7.46. The predicted molar refractivity (Wildman–Crippen MR) is 109 cm³/mol. The largest absolute Gasteiger partial charge is 0.493 e. The summed E-state index contributed by atoms with van der Waals surface area (Å²) in [7, 11) is 2.99. The standard InChI is InChI=1S/C21H26N2O7/c1-7-29-20(25)17-11(2)18(22-12(17)3)21(26)30-13(4)19(24)23-14-8-9-15(27-5)16(10-14)28-6/h8-10,13,22H,7H2,1-6H3,(H,23,24). The van der Waals surface area contributed by atoms with Crippen molar-refractivity contribution in [2.75, 3.05) is 26.1 Å². The number of aryl methyl sites for hydroxylation is 1. The minimum Gasteiger partial charge on any atom is -0.493 e. The summed E-state index contributed by atoms with van der Waals surface area (Å²) in [5.41, 5.74) is 1.73. The van der Waals surface area contributed by atoms with Gasteiger partial charge < -0.3 is 29.2 Å². The Bertz CT molecular complexity index is 949. The summed E-state index contributed by atoms with van der Waals surface area (Å²) in [4.78, 5) is 39.9. The predicted octanol–water partition coefficient (Wildman–Crippen LogP) is 3.01. The lowest BCUT2D eigenvalue weighted by Gasteiger charge is -2.15. The smallest absolute Gasteiger partial charge is 0.355 e. The number of ether oxygens (including phenoxy) is 4. The summed E-state index contributed by atoms with van der Waals surface area (Å²) in [6.45, 7) is 6.63. The molecule has 0 aliphatic carbocycles. The number of amides is 1. The van der Waals surface area contributed by atoms with Crippen molar-refractivity contribution in [2.24, 2.45) is 0 Å². The van der Waals surface area contributed by atoms with Gasteiger partial charge in [-0.3, -0.25) is 4.79 Å². The summed E-state index contributed by atoms with van der Waals surface area (Å²) in [5, 5.41) is 2.65. The van der Waals surface area contributed by atoms with Crippen LogP contribution in [0.4, 0.5) is 5.69 Å². The van der Waals surface area contributed by atoms with Crippen LogP contribution in [-0.4, -0.2) is 49.8 Å². The Hall–Kier alpha value is -3.49. The fourth-order valence-electron chi connectivity index (χ4n) is 2.89. The second kappa shape index (κ2) is 9.82. The third-order valence-corrected chi connectivity index (χ3v) is 4.43. The number of anilines is 1. The molecule has 1 heterocycles. The molecule has 0 radical (unpaired) electrons. The van der Waals surface area contributed by atoms with Crippen molar-refractivity contribution in [2.45, 2.75) is 33.8 Å². The molecule has 162 valence electrons. The van der Waals surface area contributed by atoms with E-state index in [0.717, 1.165) is 0 Å². The quantitative estimate of drug-likeness (QED) is 0.633. The molecule has 1 amide bonds. The van der Waals surface area contributed by atoms with Gasteiger partial charge in [-0.25, -0.2) is 9.59 Å². The van der Waals surface area contributed by atoms with Crippen LogP contribution in [0.3, 0.4) is 0 Å². The molecule has 1 unspecified atom stereocenters. The van der Waals surface area contributed by atoms with Crippen LogP contribution < -0.4 is 14.8 Å². The molecule has 0 bridgehead atoms. The van der Waals surface area contributed by atoms with Gasteiger partial charge in [0, 0.05) is 17.4 Å². The first kappa shape index (κ1) is 22.8. The molecular formula is C21H26N2O7. The van der Waals surface area contributed by atoms with Gasteiger partial charge in [-0.1, -0.05) is 0 Å². The zero-order valence-corrected chi connectivity index (χ0v) is 17.9. The number of rotatable bonds is 8. The Morgan fingerprint density at radius 2 is 1.73 bits per heavy atom. The van der Waals surface area contributed by atoms with Gasteiger partial charge in [-0.2, -0.15) is 0 Å². The maximum absolute atomic E-state index is 12.5. The molecule has 1 atom stereocenters. The van der Waals surface area contributed by atoms with Gasteiger partial charge in [-0.15, -0.1) is 0 Å². The van der Waals surface area contributed by atoms with Gasteiger partial charge in [0.25, 0.3) is 5.91 Å². The molecule has 9 heteroatoms. The second-order valence-corrected chi connectivity index (χ2v) is 6.45. The molecule has 2 rings (SSSR count). The van der Waals surface area contributed by atoms with Gasteiger partial charge in [0.05, 0.1) is 26.4 Å². The van der Waals surface area contributed by atoms with Crippen LogP contribution in [0.1, 0.15) is 46.0 Å². The lowest BCUT2D eigenvalue weighted by molar-refractivity contribution is -0.123. The monoisotopic (exact) mass is 418 g/mol. The molecule has 0 fully saturated rings. The highest BCUT2D eigenvalue weighted by Crippen LogP contribution is 2.29. The molecule has 1 aromatic heterocycles. The zero-order chi connectivity index (χ0) is 22.4. The normalized spacial score (nSPS) is 11.4. The minimum absolute atomic E-state index is 0.0984. The van der Waals surface area contributed by atoms with E-state index in [4.69, 9.17) is 18.9 Å². The third kappa shape index (κ3) is 4.91. The van der Waals surface area contributed by atoms with Crippen molar-refractivity contribution >= 4 is 23.5 Å². The average Bonchev–Trinajstić information content (AvgIpc) is 3.02. The first-order valence-corrected chi connectivity index (χ1v) is 9.33. The fraction of sp³-hybridized carbons (Fsp3) is 0.381. The highest BCUT2D eigenvalue weighted by atomic mass is 16.5. The zero-order valence-electron chi connectivity index (χ0n) is 17.9. The number of H-pyrrole nitrogens is 1. The van der Waals surface area contributed by atoms with E-state index in [1.807, 2.05) is 0 Å². The Morgan fingerprint density at radius 1 is 1.07 bits per heavy atom. The molecule has 0 saturated heterocycles. The Morgan fingerprint density at radius 3 is 2.33 bits per heavy atom. The van der Waals surface area contributed by atoms with Crippen molar-refractivity contribution in [1.82, 2.24) is 4.98 Å². The number of esters is 2. The molecule has 0 aliphatic rings. The molecular weight excluding hydrogens is 392 g/mol. The molecule has 2 N–H and O–H groups in total. The number of nitrogens with one attached hydrogen (secondary N) is 2. The lowest BCUT2D eigenvalue weighted by Crippen LogP contribution is -2.30. The van der Waals surface area contributed by atoms with Crippen LogP contribution in [0, 0.1) is 13.8 Å². The van der Waals surface area contributed by atoms with Gasteiger partial charge in [0.2, 0.25) is 0 Å². The van der Waals surface area contributed by atoms with E-state index in [0.29, 0.717) is 28.4 Å². The number of aromatic amines is 1. The fourth-order valence-corrected chi connectivity index (χ4v) is 2.89. The van der Waals surface area contributed by atoms with Crippen molar-refractivity contribution in [1.29, 1.82) is 0 Å². The van der Waals surface area contributed by atoms with Crippen LogP contribution >= 0.6 is 0 Å². The number of aromatic nitrogens is 1. The lowest BCUT2D eigenvalue weighted by atomic mass is 10.1. The van der Waals surface area contributed by atoms with Crippen molar-refractivity contribution in [3.05, 3.63) is 40.7 Å². The summed E-state index contributed by atoms with van der Waals surface area (Å²) in [6.07, 6.45) is -1.08. The number of carbonyl (C=O) groups is 3. The Balaban J connectivity index is 2.10. The van der Waals surface area contributed by atoms with E-state index in [1.54, 1.807) is 39.0 Å². The van der Waals surface area contributed by atoms with Crippen LogP contribution in [-0.2, 0) is 14.3 Å². The average molecular weight is 418 g/mol. The number of methoxy groups -OCH3 is 2. The molecule has 9 nitrogen and oxygen atoms in total. The maximum Gasteiger partial charge on any atom is 0.355 e. The van der Waals surface area contributed by atoms with Gasteiger partial charge in [-0.05, 0) is 45.4 Å². The van der Waals surface area contributed by atoms with Crippen LogP contribution in [0.25, 0.3) is 0 Å². The van der Waals surface area contributed by atoms with E-state index < -0.39 is 23.9 Å². The topological polar surface area (TPSA) is 116 Å². The third-order valence-electron chi connectivity index (χ3n) is 4.43. The molecule has 30 heavy (non-hydrogen) atoms. The number of hydrogen-bond acceptors (Lipinski definition) is 7. The number of carbonyl (C=O) groups excluding carboxylic acids is 3. The highest BCUT2D eigenvalue weighted by Gasteiger charge is 2.26. The van der Waals surface area contributed by atoms with E-state index in [1.165, 1.54) is 21.1 Å². The van der Waals surface area contributed by atoms with Gasteiger partial charge >= 0.3 is 11.9 Å². The van der Waals surface area contributed by atoms with Crippen molar-refractivity contribution in [3.63, 3.8) is 0 Å². The van der Waals surface area contributed by atoms with E-state index in [9.17, 15) is 14.4 Å². The summed E-state index contributed by atoms with van der Waals surface area (Å²) in [5.74, 6) is -0.834. The van der Waals surface area contributed by atoms with Crippen molar-refractivity contribution in [3.8, 4) is 11.5 Å². The molecule has 1 aromatic carbocycles. The van der Waals surface area contributed by atoms with E-state index >= 15 is 0 Å². The van der Waals surface area contributed by atoms with Crippen LogP contribution in [0.15, 0.2) is 18.2 Å². The summed E-state index contributed by atoms with van der Waals surface area (Å²) in [6, 6.07) is 4.88. The number of hydrogen-bond donors (Lipinski definition) is 2. The SMILES string of the molecule is CCOC(=O)c1c(C)[nH]c(C(=O)OC(C)C(=O)Nc2ccc(OC)c(OC)c2)c1C. The Labute approximate surface area is 174 Å². The van der Waals surface area contributed by atoms with E-state index in [2.05, 4.69) is 10.3 Å². The minimum atomic E-state index is -1.08. The second-order valence-electron chi connectivity index (χ2n) is 6.45. The first-order chi connectivity index (χ1) is 14.2. The van der Waals surface area contributed by atoms with Gasteiger partial charge in [0.1, 0.15) is 5.69 Å². The highest BCUT2D eigenvalue weighted by molar-refractivity contribution is 6.00. The van der Waals surface area contributed by atoms with Gasteiger partial charge in [0.15, 0.2) is 17.6 Å². The molecule has 0 saturated carbocycles. The summed E-state index contributed by atoms with van der Waals surface area (Å²) < 4.78 is 20.6. The van der Waals surface area contributed by atoms with Crippen molar-refractivity contribution < 1.29 is 33.3 Å². The van der Waals surface area contributed by atoms with Crippen LogP contribution in [0.5, 0.6) is 11.5 Å². The number of benzene rings is 1. The molecule has 0 aliphatic heterocycles. The molecule has 0 spiro atoms. The first-order valence-electron chi connectivity index (χ1n) is 9.33.